The Hall–Kier alpha value is -0.530. The molecule has 0 aromatic carbocycles. The minimum atomic E-state index is -0.320. The summed E-state index contributed by atoms with van der Waals surface area (Å²) in [7, 11) is 0. The highest BCUT2D eigenvalue weighted by atomic mass is 16.1. The molecule has 2 heteroatoms. The van der Waals surface area contributed by atoms with E-state index >= 15 is 0 Å². The number of carbonyl (C=O) groups is 1. The zero-order valence-electron chi connectivity index (χ0n) is 5.35. The van der Waals surface area contributed by atoms with E-state index in [1.807, 2.05) is 13.8 Å². The first-order valence-electron chi connectivity index (χ1n) is 2.81. The summed E-state index contributed by atoms with van der Waals surface area (Å²) in [6.45, 7) is 3.98. The molecular formula is C6H12NO. The lowest BCUT2D eigenvalue weighted by molar-refractivity contribution is -0.115. The minimum absolute atomic E-state index is 0.320. The largest absolute Gasteiger partial charge is 0.369 e. The van der Waals surface area contributed by atoms with Crippen LogP contribution in [0, 0.1) is 12.3 Å². The Kier molecular flexibility index (Phi) is 3.24. The van der Waals surface area contributed by atoms with E-state index in [1.165, 1.54) is 6.42 Å². The molecule has 2 N–H and O–H groups in total. The fourth-order valence-corrected chi connectivity index (χ4v) is 0.398. The van der Waals surface area contributed by atoms with Crippen LogP contribution in [-0.4, -0.2) is 5.91 Å². The van der Waals surface area contributed by atoms with Gasteiger partial charge in [0.2, 0.25) is 5.91 Å². The maximum absolute atomic E-state index is 10.1. The van der Waals surface area contributed by atoms with E-state index in [1.54, 1.807) is 0 Å². The van der Waals surface area contributed by atoms with E-state index in [2.05, 4.69) is 0 Å². The zero-order chi connectivity index (χ0) is 6.57. The van der Waals surface area contributed by atoms with Gasteiger partial charge in [0.1, 0.15) is 0 Å². The van der Waals surface area contributed by atoms with E-state index in [0.29, 0.717) is 5.92 Å². The van der Waals surface area contributed by atoms with E-state index in [4.69, 9.17) is 5.73 Å². The molecule has 0 spiro atoms. The smallest absolute Gasteiger partial charge is 0.221 e. The molecule has 0 bridgehead atoms. The average Bonchev–Trinajstić information content (AvgIpc) is 1.65. The van der Waals surface area contributed by atoms with Gasteiger partial charge < -0.3 is 5.73 Å². The van der Waals surface area contributed by atoms with Gasteiger partial charge in [-0.05, 0) is 5.92 Å². The molecule has 47 valence electrons. The van der Waals surface area contributed by atoms with Crippen LogP contribution < -0.4 is 5.73 Å². The molecule has 0 unspecified atom stereocenters. The number of hydrogen-bond acceptors (Lipinski definition) is 1. The molecule has 1 amide bonds. The van der Waals surface area contributed by atoms with E-state index in [0.717, 1.165) is 6.42 Å². The standard InChI is InChI=1S/C6H12NO/c1-3-5(2)4-6(7)8/h4-5H,3H2,1-2H3,(H2,7,8)/t5-/m1/s1. The van der Waals surface area contributed by atoms with Crippen LogP contribution in [0.4, 0.5) is 0 Å². The highest BCUT2D eigenvalue weighted by molar-refractivity contribution is 5.83. The van der Waals surface area contributed by atoms with Crippen molar-refractivity contribution in [2.45, 2.75) is 20.3 Å². The molecule has 0 aliphatic heterocycles. The molecule has 0 saturated carbocycles. The van der Waals surface area contributed by atoms with Gasteiger partial charge in [-0.15, -0.1) is 0 Å². The van der Waals surface area contributed by atoms with Gasteiger partial charge in [0.15, 0.2) is 0 Å². The summed E-state index contributed by atoms with van der Waals surface area (Å²) < 4.78 is 0. The Balaban J connectivity index is 3.24. The Bertz CT molecular complexity index is 80.6. The average molecular weight is 114 g/mol. The van der Waals surface area contributed by atoms with Crippen molar-refractivity contribution in [3.8, 4) is 0 Å². The predicted molar refractivity (Wildman–Crippen MR) is 32.9 cm³/mol. The third-order valence-electron chi connectivity index (χ3n) is 1.09. The third-order valence-corrected chi connectivity index (χ3v) is 1.09. The van der Waals surface area contributed by atoms with Crippen LogP contribution in [0.1, 0.15) is 20.3 Å². The van der Waals surface area contributed by atoms with Crippen molar-refractivity contribution < 1.29 is 4.79 Å². The topological polar surface area (TPSA) is 43.1 Å². The zero-order valence-corrected chi connectivity index (χ0v) is 5.35. The summed E-state index contributed by atoms with van der Waals surface area (Å²) >= 11 is 0. The number of primary amides is 1. The quantitative estimate of drug-likeness (QED) is 0.577. The van der Waals surface area contributed by atoms with Gasteiger partial charge in [-0.25, -0.2) is 0 Å². The number of rotatable bonds is 3. The summed E-state index contributed by atoms with van der Waals surface area (Å²) in [4.78, 5) is 10.1. The summed E-state index contributed by atoms with van der Waals surface area (Å²) in [6.07, 6.45) is 2.50. The Morgan fingerprint density at radius 2 is 2.38 bits per heavy atom. The predicted octanol–water partition coefficient (Wildman–Crippen LogP) is 0.722. The molecule has 0 aromatic rings. The van der Waals surface area contributed by atoms with Crippen molar-refractivity contribution in [1.29, 1.82) is 0 Å². The first-order valence-corrected chi connectivity index (χ1v) is 2.81. The number of nitrogens with two attached hydrogens (primary N) is 1. The molecule has 0 heterocycles. The van der Waals surface area contributed by atoms with E-state index < -0.39 is 0 Å². The van der Waals surface area contributed by atoms with Gasteiger partial charge in [-0.2, -0.15) is 0 Å². The Labute approximate surface area is 50.1 Å². The van der Waals surface area contributed by atoms with Gasteiger partial charge in [0, 0.05) is 0 Å². The minimum Gasteiger partial charge on any atom is -0.369 e. The third kappa shape index (κ3) is 3.65. The second kappa shape index (κ2) is 3.47. The van der Waals surface area contributed by atoms with Crippen molar-refractivity contribution >= 4 is 5.91 Å². The molecule has 1 radical (unpaired) electrons. The van der Waals surface area contributed by atoms with Crippen LogP contribution >= 0.6 is 0 Å². The highest BCUT2D eigenvalue weighted by Gasteiger charge is 2.01. The van der Waals surface area contributed by atoms with Gasteiger partial charge in [-0.3, -0.25) is 4.79 Å². The second-order valence-corrected chi connectivity index (χ2v) is 1.95. The first kappa shape index (κ1) is 7.47. The molecule has 0 aromatic heterocycles. The van der Waals surface area contributed by atoms with Crippen molar-refractivity contribution in [1.82, 2.24) is 0 Å². The number of amides is 1. The summed E-state index contributed by atoms with van der Waals surface area (Å²) in [6, 6.07) is 0. The molecule has 0 aliphatic rings. The number of carbonyl (C=O) groups excluding carboxylic acids is 1. The van der Waals surface area contributed by atoms with Crippen LogP contribution in [-0.2, 0) is 4.79 Å². The van der Waals surface area contributed by atoms with Crippen LogP contribution in [0.3, 0.4) is 0 Å². The van der Waals surface area contributed by atoms with Crippen LogP contribution in [0.15, 0.2) is 0 Å². The molecule has 0 saturated heterocycles. The maximum atomic E-state index is 10.1. The molecule has 8 heavy (non-hydrogen) atoms. The van der Waals surface area contributed by atoms with Crippen molar-refractivity contribution in [3.05, 3.63) is 6.42 Å². The van der Waals surface area contributed by atoms with E-state index in [-0.39, 0.29) is 5.91 Å². The van der Waals surface area contributed by atoms with Crippen LogP contribution in [0.2, 0.25) is 0 Å². The van der Waals surface area contributed by atoms with E-state index in [9.17, 15) is 4.79 Å². The fourth-order valence-electron chi connectivity index (χ4n) is 0.398. The van der Waals surface area contributed by atoms with Crippen molar-refractivity contribution in [3.63, 3.8) is 0 Å². The van der Waals surface area contributed by atoms with Crippen molar-refractivity contribution in [2.24, 2.45) is 11.7 Å². The molecule has 0 rings (SSSR count). The van der Waals surface area contributed by atoms with Gasteiger partial charge >= 0.3 is 0 Å². The lowest BCUT2D eigenvalue weighted by atomic mass is 10.1. The maximum Gasteiger partial charge on any atom is 0.221 e. The lowest BCUT2D eigenvalue weighted by Crippen LogP contribution is -2.14. The molecule has 0 fully saturated rings. The van der Waals surface area contributed by atoms with Gasteiger partial charge in [-0.1, -0.05) is 20.3 Å². The highest BCUT2D eigenvalue weighted by Crippen LogP contribution is 2.02. The summed E-state index contributed by atoms with van der Waals surface area (Å²) in [5.74, 6) is 0.00634. The molecule has 2 nitrogen and oxygen atoms in total. The molecule has 1 atom stereocenters. The van der Waals surface area contributed by atoms with Crippen LogP contribution in [0.5, 0.6) is 0 Å². The van der Waals surface area contributed by atoms with Gasteiger partial charge in [0.05, 0.1) is 6.42 Å². The van der Waals surface area contributed by atoms with Crippen molar-refractivity contribution in [2.75, 3.05) is 0 Å². The normalized spacial score (nSPS) is 13.2. The second-order valence-electron chi connectivity index (χ2n) is 1.95. The SMILES string of the molecule is CC[C@@H](C)[CH]C(N)=O. The summed E-state index contributed by atoms with van der Waals surface area (Å²) in [5, 5.41) is 0. The lowest BCUT2D eigenvalue weighted by Gasteiger charge is -2.01. The van der Waals surface area contributed by atoms with Gasteiger partial charge in [0.25, 0.3) is 0 Å². The summed E-state index contributed by atoms with van der Waals surface area (Å²) in [5.41, 5.74) is 4.87. The monoisotopic (exact) mass is 114 g/mol. The first-order chi connectivity index (χ1) is 3.66. The van der Waals surface area contributed by atoms with Crippen LogP contribution in [0.25, 0.3) is 0 Å². The molecule has 0 aliphatic carbocycles. The Morgan fingerprint density at radius 3 is 2.50 bits per heavy atom. The fraction of sp³-hybridized carbons (Fsp3) is 0.667. The Morgan fingerprint density at radius 1 is 1.88 bits per heavy atom. The molecular weight excluding hydrogens is 102 g/mol. The number of hydrogen-bond donors (Lipinski definition) is 1.